The van der Waals surface area contributed by atoms with Gasteiger partial charge in [-0.3, -0.25) is 14.4 Å². The van der Waals surface area contributed by atoms with Gasteiger partial charge in [0.25, 0.3) is 0 Å². The van der Waals surface area contributed by atoms with Crippen LogP contribution in [0, 0.1) is 11.8 Å². The Hall–Kier alpha value is -3.87. The molecular formula is C34H39BrN6O5. The molecule has 4 heterocycles. The molecule has 3 aliphatic heterocycles. The predicted molar refractivity (Wildman–Crippen MR) is 175 cm³/mol. The lowest BCUT2D eigenvalue weighted by Crippen LogP contribution is -2.59. The van der Waals surface area contributed by atoms with Crippen molar-refractivity contribution >= 4 is 44.7 Å². The Kier molecular flexibility index (Phi) is 9.13. The molecule has 1 N–H and O–H groups in total. The van der Waals surface area contributed by atoms with Crippen molar-refractivity contribution in [2.45, 2.75) is 61.6 Å². The third kappa shape index (κ3) is 5.26. The average Bonchev–Trinajstić information content (AvgIpc) is 3.78. The first-order chi connectivity index (χ1) is 22.3. The van der Waals surface area contributed by atoms with Gasteiger partial charge in [0.2, 0.25) is 17.7 Å². The predicted octanol–water partition coefficient (Wildman–Crippen LogP) is 3.14. The number of hydrogen-bond donors (Lipinski definition) is 1. The van der Waals surface area contributed by atoms with Crippen LogP contribution in [0.5, 0.6) is 0 Å². The minimum Gasteiger partial charge on any atom is -0.394 e. The number of aliphatic hydroxyl groups excluding tert-OH is 1. The molecule has 12 heteroatoms. The fourth-order valence-electron chi connectivity index (χ4n) is 7.57. The third-order valence-corrected chi connectivity index (χ3v) is 10.4. The summed E-state index contributed by atoms with van der Waals surface area (Å²) >= 11 is 3.76. The van der Waals surface area contributed by atoms with E-state index in [1.807, 2.05) is 61.5 Å². The van der Waals surface area contributed by atoms with Gasteiger partial charge in [-0.1, -0.05) is 82.7 Å². The number of carbonyl (C=O) groups excluding carboxylic acids is 3. The molecular weight excluding hydrogens is 652 g/mol. The monoisotopic (exact) mass is 690 g/mol. The maximum Gasteiger partial charge on any atom is 0.250 e. The van der Waals surface area contributed by atoms with Crippen LogP contribution in [0.2, 0.25) is 0 Å². The molecule has 3 aliphatic rings. The Bertz CT molecular complexity index is 1630. The number of aliphatic hydroxyl groups is 1. The molecule has 3 fully saturated rings. The number of fused-ring (bicyclic) bond motifs is 2. The fraction of sp³-hybridized carbons (Fsp3) is 0.441. The lowest BCUT2D eigenvalue weighted by molar-refractivity contribution is -0.153. The van der Waals surface area contributed by atoms with Crippen LogP contribution in [-0.2, 0) is 32.3 Å². The molecule has 0 radical (unpaired) electrons. The van der Waals surface area contributed by atoms with Crippen molar-refractivity contribution in [3.05, 3.63) is 85.5 Å². The highest BCUT2D eigenvalue weighted by atomic mass is 79.9. The van der Waals surface area contributed by atoms with Gasteiger partial charge in [-0.05, 0) is 30.5 Å². The Labute approximate surface area is 276 Å². The maximum absolute atomic E-state index is 14.8. The van der Waals surface area contributed by atoms with E-state index in [2.05, 4.69) is 39.4 Å². The van der Waals surface area contributed by atoms with Crippen molar-refractivity contribution in [3.8, 4) is 0 Å². The molecule has 242 valence electrons. The maximum atomic E-state index is 14.8. The second kappa shape index (κ2) is 13.1. The fourth-order valence-corrected chi connectivity index (χ4v) is 8.51. The van der Waals surface area contributed by atoms with E-state index in [9.17, 15) is 19.5 Å². The zero-order valence-corrected chi connectivity index (χ0v) is 27.4. The van der Waals surface area contributed by atoms with E-state index in [0.717, 1.165) is 11.1 Å². The van der Waals surface area contributed by atoms with Crippen LogP contribution in [-0.4, -0.2) is 101 Å². The van der Waals surface area contributed by atoms with Gasteiger partial charge in [0.1, 0.15) is 23.8 Å². The number of para-hydroxylation sites is 1. The lowest BCUT2D eigenvalue weighted by Gasteiger charge is -2.39. The second-order valence-corrected chi connectivity index (χ2v) is 13.4. The normalized spacial score (nSPS) is 27.1. The minimum atomic E-state index is -1.27. The minimum absolute atomic E-state index is 0.0638. The van der Waals surface area contributed by atoms with E-state index in [-0.39, 0.29) is 48.9 Å². The molecule has 1 spiro atoms. The number of ether oxygens (including phenoxy) is 1. The van der Waals surface area contributed by atoms with Gasteiger partial charge in [-0.15, -0.1) is 18.3 Å². The number of carbonyl (C=O) groups is 3. The van der Waals surface area contributed by atoms with Gasteiger partial charge >= 0.3 is 0 Å². The van der Waals surface area contributed by atoms with Crippen LogP contribution in [0.3, 0.4) is 0 Å². The topological polar surface area (TPSA) is 121 Å². The molecule has 3 aromatic rings. The number of hydrogen-bond acceptors (Lipinski definition) is 7. The van der Waals surface area contributed by atoms with Gasteiger partial charge in [-0.2, -0.15) is 0 Å². The van der Waals surface area contributed by atoms with Crippen molar-refractivity contribution in [1.82, 2.24) is 29.7 Å². The van der Waals surface area contributed by atoms with Crippen LogP contribution in [0.4, 0.5) is 0 Å². The van der Waals surface area contributed by atoms with Crippen LogP contribution in [0.15, 0.2) is 79.9 Å². The SMILES string of the molecule is C=CCN(Cn1nnc2ccccc21)C(=O)C1N([C@@H](CC)CO)C(=O)[C@@H]2[C@@H](C(=O)N(CC=C)Cc3ccccc3)[C@@H]3OC12CC3Br. The van der Waals surface area contributed by atoms with Gasteiger partial charge in [0.05, 0.1) is 36.1 Å². The van der Waals surface area contributed by atoms with Gasteiger partial charge in [0, 0.05) is 24.5 Å². The Morgan fingerprint density at radius 3 is 2.50 bits per heavy atom. The molecule has 3 saturated heterocycles. The van der Waals surface area contributed by atoms with Crippen LogP contribution >= 0.6 is 15.9 Å². The summed E-state index contributed by atoms with van der Waals surface area (Å²) in [6.45, 7) is 10.1. The van der Waals surface area contributed by atoms with E-state index in [0.29, 0.717) is 24.9 Å². The summed E-state index contributed by atoms with van der Waals surface area (Å²) < 4.78 is 8.38. The molecule has 0 aliphatic carbocycles. The summed E-state index contributed by atoms with van der Waals surface area (Å²) in [5, 5.41) is 19.0. The molecule has 11 nitrogen and oxygen atoms in total. The standard InChI is InChI=1S/C34H39BrN6O5/c1-4-16-38(19-22-12-8-7-9-13-22)31(43)27-28-32(44)41(23(6-3)20-42)30(34(28)18-24(35)29(27)46-34)33(45)39(17-5-2)21-40-26-15-11-10-14-25(26)36-37-40/h4-5,7-15,23-24,27-30,42H,1-2,6,16-21H2,3H3/t23-,24?,27+,28-,29+,30?,34?/m0/s1. The van der Waals surface area contributed by atoms with Crippen LogP contribution in [0.25, 0.3) is 11.0 Å². The van der Waals surface area contributed by atoms with E-state index >= 15 is 0 Å². The first-order valence-electron chi connectivity index (χ1n) is 15.7. The average molecular weight is 692 g/mol. The van der Waals surface area contributed by atoms with Crippen molar-refractivity contribution in [2.24, 2.45) is 11.8 Å². The highest BCUT2D eigenvalue weighted by Crippen LogP contribution is 2.61. The highest BCUT2D eigenvalue weighted by Gasteiger charge is 2.77. The van der Waals surface area contributed by atoms with E-state index in [4.69, 9.17) is 4.74 Å². The first-order valence-corrected chi connectivity index (χ1v) is 16.6. The van der Waals surface area contributed by atoms with Gasteiger partial charge in [0.15, 0.2) is 0 Å². The van der Waals surface area contributed by atoms with Crippen LogP contribution in [0.1, 0.15) is 25.3 Å². The Morgan fingerprint density at radius 1 is 1.11 bits per heavy atom. The van der Waals surface area contributed by atoms with Crippen LogP contribution < -0.4 is 0 Å². The number of nitrogens with zero attached hydrogens (tertiary/aromatic N) is 6. The lowest BCUT2D eigenvalue weighted by atomic mass is 9.70. The summed E-state index contributed by atoms with van der Waals surface area (Å²) in [7, 11) is 0. The Morgan fingerprint density at radius 2 is 1.80 bits per heavy atom. The van der Waals surface area contributed by atoms with E-state index in [1.54, 1.807) is 26.6 Å². The summed E-state index contributed by atoms with van der Waals surface area (Å²) in [5.41, 5.74) is 1.13. The summed E-state index contributed by atoms with van der Waals surface area (Å²) in [4.78, 5) is 48.4. The Balaban J connectivity index is 1.39. The van der Waals surface area contributed by atoms with Crippen molar-refractivity contribution in [3.63, 3.8) is 0 Å². The number of rotatable bonds is 13. The molecule has 3 amide bonds. The summed E-state index contributed by atoms with van der Waals surface area (Å²) in [6, 6.07) is 15.4. The molecule has 46 heavy (non-hydrogen) atoms. The number of halogens is 1. The highest BCUT2D eigenvalue weighted by molar-refractivity contribution is 9.09. The van der Waals surface area contributed by atoms with E-state index < -0.39 is 35.6 Å². The van der Waals surface area contributed by atoms with Gasteiger partial charge < -0.3 is 24.5 Å². The zero-order chi connectivity index (χ0) is 32.6. The molecule has 2 aromatic carbocycles. The van der Waals surface area contributed by atoms with E-state index in [1.165, 1.54) is 4.90 Å². The summed E-state index contributed by atoms with van der Waals surface area (Å²) in [6.07, 6.45) is 3.47. The van der Waals surface area contributed by atoms with Gasteiger partial charge in [-0.25, -0.2) is 4.68 Å². The molecule has 1 aromatic heterocycles. The first kappa shape index (κ1) is 32.1. The quantitative estimate of drug-likeness (QED) is 0.216. The molecule has 2 bridgehead atoms. The van der Waals surface area contributed by atoms with Crippen molar-refractivity contribution in [2.75, 3.05) is 19.7 Å². The largest absolute Gasteiger partial charge is 0.394 e. The molecule has 3 unspecified atom stereocenters. The number of likely N-dealkylation sites (tertiary alicyclic amines) is 1. The molecule has 0 saturated carbocycles. The van der Waals surface area contributed by atoms with Crippen molar-refractivity contribution in [1.29, 1.82) is 0 Å². The molecule has 6 rings (SSSR count). The number of amides is 3. The zero-order valence-electron chi connectivity index (χ0n) is 25.8. The summed E-state index contributed by atoms with van der Waals surface area (Å²) in [5.74, 6) is -2.64. The molecule has 7 atom stereocenters. The third-order valence-electron chi connectivity index (χ3n) is 9.59. The number of benzene rings is 2. The van der Waals surface area contributed by atoms with Crippen molar-refractivity contribution < 1.29 is 24.2 Å². The number of alkyl halides is 1. The number of aromatic nitrogens is 3. The smallest absolute Gasteiger partial charge is 0.250 e. The second-order valence-electron chi connectivity index (χ2n) is 12.2.